The molecule has 0 radical (unpaired) electrons. The lowest BCUT2D eigenvalue weighted by Gasteiger charge is -2.32. The average Bonchev–Trinajstić information content (AvgIpc) is 3.11. The highest BCUT2D eigenvalue weighted by molar-refractivity contribution is 6.01. The number of aliphatic hydroxyl groups excluding tert-OH is 1. The quantitative estimate of drug-likeness (QED) is 0.137. The summed E-state index contributed by atoms with van der Waals surface area (Å²) in [7, 11) is 1.59. The Morgan fingerprint density at radius 2 is 1.50 bits per heavy atom. The minimum Gasteiger partial charge on any atom is -0.497 e. The van der Waals surface area contributed by atoms with Gasteiger partial charge in [0.25, 0.3) is 0 Å². The summed E-state index contributed by atoms with van der Waals surface area (Å²) in [6.45, 7) is 7.40. The Morgan fingerprint density at radius 1 is 0.860 bits per heavy atom. The van der Waals surface area contributed by atoms with Crippen LogP contribution in [0.15, 0.2) is 108 Å². The van der Waals surface area contributed by atoms with Crippen molar-refractivity contribution in [2.24, 2.45) is 5.92 Å². The first kappa shape index (κ1) is 37.7. The van der Waals surface area contributed by atoms with Crippen LogP contribution in [-0.4, -0.2) is 66.2 Å². The summed E-state index contributed by atoms with van der Waals surface area (Å²) in [4.78, 5) is 42.6. The molecule has 0 saturated heterocycles. The smallest absolute Gasteiger partial charge is 0.326 e. The Bertz CT molecular complexity index is 1630. The second-order valence-corrected chi connectivity index (χ2v) is 12.8. The maximum Gasteiger partial charge on any atom is 0.326 e. The number of carbonyl (C=O) groups is 3. The first-order valence-corrected chi connectivity index (χ1v) is 17.2. The number of aliphatic hydroxyl groups is 1. The molecule has 0 aromatic heterocycles. The van der Waals surface area contributed by atoms with Crippen molar-refractivity contribution in [1.82, 2.24) is 15.5 Å². The molecule has 266 valence electrons. The number of ether oxygens (including phenoxy) is 2. The number of nitrogens with zero attached hydrogens (tertiary/aromatic N) is 1. The van der Waals surface area contributed by atoms with Gasteiger partial charge in [-0.1, -0.05) is 80.1 Å². The van der Waals surface area contributed by atoms with Crippen molar-refractivity contribution in [1.29, 1.82) is 0 Å². The SMILES string of the molecule is CCCC1C(C(=O)N[C@@H](Cc2ccccc2)[C@H](O)CNc2cccc(OC)c2)=CN(CC(=O)OC(C)C)C=C1C(=O)N[C@H](C)c1ccccc1. The van der Waals surface area contributed by atoms with Crippen molar-refractivity contribution in [3.05, 3.63) is 120 Å². The third-order valence-corrected chi connectivity index (χ3v) is 8.45. The van der Waals surface area contributed by atoms with Crippen LogP contribution in [0.4, 0.5) is 5.69 Å². The van der Waals surface area contributed by atoms with Gasteiger partial charge in [0.1, 0.15) is 12.3 Å². The van der Waals surface area contributed by atoms with Crippen LogP contribution in [0, 0.1) is 5.92 Å². The van der Waals surface area contributed by atoms with E-state index >= 15 is 0 Å². The maximum atomic E-state index is 14.3. The lowest BCUT2D eigenvalue weighted by atomic mass is 9.84. The Balaban J connectivity index is 1.62. The molecule has 1 aliphatic rings. The third-order valence-electron chi connectivity index (χ3n) is 8.45. The van der Waals surface area contributed by atoms with Crippen molar-refractivity contribution in [2.45, 2.75) is 71.2 Å². The molecule has 1 aliphatic heterocycles. The Morgan fingerprint density at radius 3 is 2.12 bits per heavy atom. The van der Waals surface area contributed by atoms with Crippen molar-refractivity contribution in [2.75, 3.05) is 25.5 Å². The van der Waals surface area contributed by atoms with Crippen molar-refractivity contribution < 1.29 is 29.0 Å². The maximum absolute atomic E-state index is 14.3. The van der Waals surface area contributed by atoms with E-state index in [9.17, 15) is 19.5 Å². The van der Waals surface area contributed by atoms with Gasteiger partial charge in [-0.05, 0) is 56.9 Å². The monoisotopic (exact) mass is 682 g/mol. The van der Waals surface area contributed by atoms with Crippen molar-refractivity contribution in [3.63, 3.8) is 0 Å². The molecule has 4 atom stereocenters. The fraction of sp³-hybridized carbons (Fsp3) is 0.375. The molecule has 0 fully saturated rings. The van der Waals surface area contributed by atoms with Gasteiger partial charge in [0.05, 0.1) is 31.4 Å². The Hall–Kier alpha value is -5.09. The number of rotatable bonds is 17. The van der Waals surface area contributed by atoms with Gasteiger partial charge in [-0.2, -0.15) is 0 Å². The largest absolute Gasteiger partial charge is 0.497 e. The minimum atomic E-state index is -0.985. The molecule has 0 aliphatic carbocycles. The number of methoxy groups -OCH3 is 1. The minimum absolute atomic E-state index is 0.153. The molecular weight excluding hydrogens is 632 g/mol. The zero-order chi connectivity index (χ0) is 36.0. The molecular formula is C40H50N4O6. The van der Waals surface area contributed by atoms with Gasteiger partial charge in [-0.3, -0.25) is 14.4 Å². The summed E-state index contributed by atoms with van der Waals surface area (Å²) in [5.41, 5.74) is 3.35. The lowest BCUT2D eigenvalue weighted by Crippen LogP contribution is -2.49. The molecule has 1 unspecified atom stereocenters. The van der Waals surface area contributed by atoms with Crippen LogP contribution in [0.1, 0.15) is 57.7 Å². The van der Waals surface area contributed by atoms with Gasteiger partial charge in [-0.25, -0.2) is 0 Å². The summed E-state index contributed by atoms with van der Waals surface area (Å²) in [6, 6.07) is 25.7. The van der Waals surface area contributed by atoms with Crippen LogP contribution < -0.4 is 20.7 Å². The normalized spacial score (nSPS) is 16.0. The zero-order valence-electron chi connectivity index (χ0n) is 29.6. The molecule has 3 aromatic carbocycles. The fourth-order valence-electron chi connectivity index (χ4n) is 5.92. The van der Waals surface area contributed by atoms with Crippen LogP contribution >= 0.6 is 0 Å². The predicted molar refractivity (Wildman–Crippen MR) is 195 cm³/mol. The number of esters is 1. The second-order valence-electron chi connectivity index (χ2n) is 12.8. The van der Waals surface area contributed by atoms with E-state index in [4.69, 9.17) is 9.47 Å². The van der Waals surface area contributed by atoms with Crippen LogP contribution in [0.5, 0.6) is 5.75 Å². The predicted octanol–water partition coefficient (Wildman–Crippen LogP) is 5.52. The van der Waals surface area contributed by atoms with Gasteiger partial charge >= 0.3 is 5.97 Å². The Kier molecular flexibility index (Phi) is 14.0. The molecule has 4 rings (SSSR count). The number of benzene rings is 3. The number of carbonyl (C=O) groups excluding carboxylic acids is 3. The molecule has 2 amide bonds. The van der Waals surface area contributed by atoms with Crippen molar-refractivity contribution >= 4 is 23.5 Å². The summed E-state index contributed by atoms with van der Waals surface area (Å²) in [6.07, 6.45) is 3.53. The van der Waals surface area contributed by atoms with Crippen LogP contribution in [0.2, 0.25) is 0 Å². The van der Waals surface area contributed by atoms with E-state index < -0.39 is 29.9 Å². The number of amides is 2. The summed E-state index contributed by atoms with van der Waals surface area (Å²) in [5.74, 6) is -1.12. The summed E-state index contributed by atoms with van der Waals surface area (Å²) < 4.78 is 10.7. The van der Waals surface area contributed by atoms with Crippen molar-refractivity contribution in [3.8, 4) is 5.75 Å². The Labute approximate surface area is 295 Å². The van der Waals surface area contributed by atoms with E-state index in [1.807, 2.05) is 98.8 Å². The highest BCUT2D eigenvalue weighted by Crippen LogP contribution is 2.32. The van der Waals surface area contributed by atoms with Gasteiger partial charge in [0.2, 0.25) is 11.8 Å². The van der Waals surface area contributed by atoms with E-state index in [0.717, 1.165) is 16.8 Å². The second kappa shape index (κ2) is 18.6. The number of nitrogens with one attached hydrogen (secondary N) is 3. The first-order valence-electron chi connectivity index (χ1n) is 17.2. The number of hydrogen-bond donors (Lipinski definition) is 4. The summed E-state index contributed by atoms with van der Waals surface area (Å²) in [5, 5.41) is 20.9. The topological polar surface area (TPSA) is 129 Å². The zero-order valence-corrected chi connectivity index (χ0v) is 29.6. The van der Waals surface area contributed by atoms with E-state index in [1.165, 1.54) is 0 Å². The van der Waals surface area contributed by atoms with Gasteiger partial charge in [0.15, 0.2) is 0 Å². The molecule has 1 heterocycles. The third kappa shape index (κ3) is 11.0. The van der Waals surface area contributed by atoms with Gasteiger partial charge in [0, 0.05) is 47.8 Å². The van der Waals surface area contributed by atoms with Gasteiger partial charge < -0.3 is 35.4 Å². The molecule has 0 spiro atoms. The first-order chi connectivity index (χ1) is 24.1. The van der Waals surface area contributed by atoms with Crippen LogP contribution in [0.3, 0.4) is 0 Å². The highest BCUT2D eigenvalue weighted by atomic mass is 16.5. The van der Waals surface area contributed by atoms with Crippen LogP contribution in [-0.2, 0) is 25.5 Å². The van der Waals surface area contributed by atoms with E-state index in [-0.39, 0.29) is 31.1 Å². The average molecular weight is 683 g/mol. The molecule has 10 nitrogen and oxygen atoms in total. The standard InChI is InChI=1S/C40H50N4O6/c1-6-14-33-34(39(47)42-28(4)30-17-11-8-12-18-30)24-44(26-38(46)50-27(2)3)25-35(33)40(48)43-36(21-29-15-9-7-10-16-29)37(45)23-41-31-19-13-20-32(22-31)49-5/h7-13,15-20,22,24-25,27-28,33,36-37,41,45H,6,14,21,23,26H2,1-5H3,(H,42,47)(H,43,48)/t28-,33?,36+,37-/m1/s1. The molecule has 0 bridgehead atoms. The van der Waals surface area contributed by atoms with E-state index in [2.05, 4.69) is 16.0 Å². The highest BCUT2D eigenvalue weighted by Gasteiger charge is 2.35. The van der Waals surface area contributed by atoms with Gasteiger partial charge in [-0.15, -0.1) is 0 Å². The number of anilines is 1. The van der Waals surface area contributed by atoms with E-state index in [1.54, 1.807) is 38.3 Å². The molecule has 4 N–H and O–H groups in total. The van der Waals surface area contributed by atoms with E-state index in [0.29, 0.717) is 36.2 Å². The lowest BCUT2D eigenvalue weighted by molar-refractivity contribution is -0.147. The molecule has 3 aromatic rings. The van der Waals surface area contributed by atoms with Crippen LogP contribution in [0.25, 0.3) is 0 Å². The molecule has 50 heavy (non-hydrogen) atoms. The molecule has 0 saturated carbocycles. The summed E-state index contributed by atoms with van der Waals surface area (Å²) >= 11 is 0. The fourth-order valence-corrected chi connectivity index (χ4v) is 5.92. The molecule has 10 heteroatoms. The number of hydrogen-bond acceptors (Lipinski definition) is 8.